The zero-order chi connectivity index (χ0) is 24.0. The number of halogens is 1. The summed E-state index contributed by atoms with van der Waals surface area (Å²) in [6.07, 6.45) is 3.23. The lowest BCUT2D eigenvalue weighted by atomic mass is 10.1. The maximum absolute atomic E-state index is 13.4. The highest BCUT2D eigenvalue weighted by molar-refractivity contribution is 7.89. The largest absolute Gasteiger partial charge is 0.327 e. The van der Waals surface area contributed by atoms with Crippen molar-refractivity contribution < 1.29 is 18.0 Å². The van der Waals surface area contributed by atoms with Crippen LogP contribution < -0.4 is 5.32 Å². The molecule has 2 aromatic carbocycles. The van der Waals surface area contributed by atoms with Gasteiger partial charge in [-0.1, -0.05) is 43.1 Å². The molecule has 1 atom stereocenters. The van der Waals surface area contributed by atoms with Crippen LogP contribution in [0.2, 0.25) is 5.02 Å². The predicted octanol–water partition coefficient (Wildman–Crippen LogP) is 4.39. The van der Waals surface area contributed by atoms with Crippen molar-refractivity contribution in [3.05, 3.63) is 59.1 Å². The Kier molecular flexibility index (Phi) is 8.51. The fourth-order valence-electron chi connectivity index (χ4n) is 3.87. The molecule has 33 heavy (non-hydrogen) atoms. The average Bonchev–Trinajstić information content (AvgIpc) is 2.83. The van der Waals surface area contributed by atoms with Gasteiger partial charge in [-0.05, 0) is 56.5 Å². The quantitative estimate of drug-likeness (QED) is 0.593. The van der Waals surface area contributed by atoms with Crippen molar-refractivity contribution in [1.82, 2.24) is 9.21 Å². The molecule has 1 aliphatic heterocycles. The number of nitrogens with zero attached hydrogens (tertiary/aromatic N) is 2. The van der Waals surface area contributed by atoms with E-state index in [4.69, 9.17) is 11.6 Å². The Balaban J connectivity index is 1.86. The summed E-state index contributed by atoms with van der Waals surface area (Å²) < 4.78 is 27.8. The first-order valence-electron chi connectivity index (χ1n) is 11.2. The molecule has 1 saturated heterocycles. The van der Waals surface area contributed by atoms with E-state index < -0.39 is 22.0 Å². The number of piperidine rings is 1. The lowest BCUT2D eigenvalue weighted by molar-refractivity contribution is -0.120. The zero-order valence-electron chi connectivity index (χ0n) is 19.0. The van der Waals surface area contributed by atoms with Gasteiger partial charge in [0.2, 0.25) is 15.9 Å². The molecule has 9 heteroatoms. The minimum absolute atomic E-state index is 0.0743. The van der Waals surface area contributed by atoms with E-state index >= 15 is 0 Å². The molecule has 7 nitrogen and oxygen atoms in total. The van der Waals surface area contributed by atoms with Crippen molar-refractivity contribution in [3.63, 3.8) is 0 Å². The van der Waals surface area contributed by atoms with Gasteiger partial charge < -0.3 is 10.2 Å². The molecule has 3 rings (SSSR count). The van der Waals surface area contributed by atoms with Gasteiger partial charge in [0, 0.05) is 30.9 Å². The Morgan fingerprint density at radius 1 is 1.09 bits per heavy atom. The number of carbonyl (C=O) groups excluding carboxylic acids is 2. The van der Waals surface area contributed by atoms with Crippen molar-refractivity contribution in [3.8, 4) is 0 Å². The van der Waals surface area contributed by atoms with Gasteiger partial charge >= 0.3 is 0 Å². The Morgan fingerprint density at radius 2 is 1.76 bits per heavy atom. The molecular formula is C24H30ClN3O4S. The smallest absolute Gasteiger partial charge is 0.254 e. The summed E-state index contributed by atoms with van der Waals surface area (Å²) in [6, 6.07) is 12.5. The summed E-state index contributed by atoms with van der Waals surface area (Å²) in [7, 11) is -3.81. The van der Waals surface area contributed by atoms with Crippen LogP contribution in [0.4, 0.5) is 5.69 Å². The van der Waals surface area contributed by atoms with Crippen molar-refractivity contribution in [2.45, 2.75) is 50.5 Å². The van der Waals surface area contributed by atoms with E-state index in [1.54, 1.807) is 19.1 Å². The van der Waals surface area contributed by atoms with Crippen LogP contribution in [0.1, 0.15) is 49.9 Å². The molecule has 1 aliphatic rings. The highest BCUT2D eigenvalue weighted by Crippen LogP contribution is 2.28. The van der Waals surface area contributed by atoms with Gasteiger partial charge in [0.05, 0.1) is 5.02 Å². The number of hydrogen-bond donors (Lipinski definition) is 1. The number of benzene rings is 2. The van der Waals surface area contributed by atoms with Crippen LogP contribution in [0.15, 0.2) is 53.4 Å². The Hall–Kier alpha value is -2.42. The third kappa shape index (κ3) is 5.93. The molecule has 1 fully saturated rings. The van der Waals surface area contributed by atoms with Crippen LogP contribution in [-0.2, 0) is 14.8 Å². The molecule has 0 radical (unpaired) electrons. The number of hydrogen-bond acceptors (Lipinski definition) is 4. The summed E-state index contributed by atoms with van der Waals surface area (Å²) in [5.74, 6) is -0.738. The highest BCUT2D eigenvalue weighted by Gasteiger charge is 2.31. The summed E-state index contributed by atoms with van der Waals surface area (Å²) in [6.45, 7) is 4.80. The minimum Gasteiger partial charge on any atom is -0.327 e. The molecule has 0 spiro atoms. The molecule has 1 N–H and O–H groups in total. The van der Waals surface area contributed by atoms with E-state index in [9.17, 15) is 18.0 Å². The molecule has 1 heterocycles. The number of sulfonamides is 1. The molecule has 2 amide bonds. The lowest BCUT2D eigenvalue weighted by Crippen LogP contribution is -2.46. The summed E-state index contributed by atoms with van der Waals surface area (Å²) in [4.78, 5) is 27.6. The fraction of sp³-hybridized carbons (Fsp3) is 0.417. The van der Waals surface area contributed by atoms with Gasteiger partial charge in [-0.3, -0.25) is 9.59 Å². The van der Waals surface area contributed by atoms with Crippen molar-refractivity contribution in [1.29, 1.82) is 0 Å². The highest BCUT2D eigenvalue weighted by atomic mass is 35.5. The lowest BCUT2D eigenvalue weighted by Gasteiger charge is -2.29. The molecule has 0 aliphatic carbocycles. The normalized spacial score (nSPS) is 15.6. The van der Waals surface area contributed by atoms with E-state index in [2.05, 4.69) is 5.32 Å². The second-order valence-corrected chi connectivity index (χ2v) is 10.5. The van der Waals surface area contributed by atoms with Crippen LogP contribution >= 0.6 is 11.6 Å². The van der Waals surface area contributed by atoms with Crippen LogP contribution in [0.3, 0.4) is 0 Å². The van der Waals surface area contributed by atoms with E-state index in [1.165, 1.54) is 27.4 Å². The Labute approximate surface area is 200 Å². The summed E-state index contributed by atoms with van der Waals surface area (Å²) >= 11 is 6.25. The molecule has 0 saturated carbocycles. The van der Waals surface area contributed by atoms with Crippen molar-refractivity contribution in [2.75, 3.05) is 25.0 Å². The van der Waals surface area contributed by atoms with Crippen LogP contribution in [0.25, 0.3) is 0 Å². The van der Waals surface area contributed by atoms with E-state index in [0.29, 0.717) is 31.7 Å². The monoisotopic (exact) mass is 491 g/mol. The molecule has 0 bridgehead atoms. The number of para-hydroxylation sites is 1. The predicted molar refractivity (Wildman–Crippen MR) is 130 cm³/mol. The maximum Gasteiger partial charge on any atom is 0.254 e. The zero-order valence-corrected chi connectivity index (χ0v) is 20.5. The van der Waals surface area contributed by atoms with Gasteiger partial charge in [-0.15, -0.1) is 0 Å². The summed E-state index contributed by atoms with van der Waals surface area (Å²) in [5.41, 5.74) is 0.822. The van der Waals surface area contributed by atoms with Gasteiger partial charge in [0.1, 0.15) is 10.9 Å². The topological polar surface area (TPSA) is 86.8 Å². The number of anilines is 1. The van der Waals surface area contributed by atoms with E-state index in [0.717, 1.165) is 19.3 Å². The second-order valence-electron chi connectivity index (χ2n) is 8.14. The van der Waals surface area contributed by atoms with Gasteiger partial charge in [-0.25, -0.2) is 8.42 Å². The van der Waals surface area contributed by atoms with E-state index in [-0.39, 0.29) is 21.4 Å². The molecule has 178 valence electrons. The second kappa shape index (κ2) is 11.1. The number of nitrogens with one attached hydrogen (secondary N) is 1. The number of amides is 2. The molecule has 0 aromatic heterocycles. The summed E-state index contributed by atoms with van der Waals surface area (Å²) in [5, 5.41) is 2.90. The molecule has 2 aromatic rings. The van der Waals surface area contributed by atoms with Gasteiger partial charge in [-0.2, -0.15) is 4.31 Å². The Bertz CT molecular complexity index is 1090. The number of rotatable bonds is 8. The molecular weight excluding hydrogens is 462 g/mol. The Morgan fingerprint density at radius 3 is 2.39 bits per heavy atom. The first-order chi connectivity index (χ1) is 15.8. The fourth-order valence-corrected chi connectivity index (χ4v) is 5.88. The third-order valence-electron chi connectivity index (χ3n) is 5.72. The maximum atomic E-state index is 13.4. The first kappa shape index (κ1) is 25.2. The first-order valence-corrected chi connectivity index (χ1v) is 13.0. The van der Waals surface area contributed by atoms with Crippen molar-refractivity contribution >= 4 is 39.1 Å². The van der Waals surface area contributed by atoms with Crippen LogP contribution in [-0.4, -0.2) is 55.1 Å². The van der Waals surface area contributed by atoms with E-state index in [1.807, 2.05) is 25.1 Å². The van der Waals surface area contributed by atoms with Crippen LogP contribution in [0.5, 0.6) is 0 Å². The van der Waals surface area contributed by atoms with Gasteiger partial charge in [0.15, 0.2) is 0 Å². The standard InChI is InChI=1S/C24H30ClN3O4S/c1-3-14-28(18(2)23(29)26-20-10-6-4-7-11-20)24(30)19-12-13-21(25)22(17-19)33(31,32)27-15-8-5-9-16-27/h4,6-7,10-13,17-18H,3,5,8-9,14-16H2,1-2H3,(H,26,29). The minimum atomic E-state index is -3.81. The molecule has 1 unspecified atom stereocenters. The third-order valence-corrected chi connectivity index (χ3v) is 8.10. The van der Waals surface area contributed by atoms with Gasteiger partial charge in [0.25, 0.3) is 5.91 Å². The number of carbonyl (C=O) groups is 2. The van der Waals surface area contributed by atoms with Crippen LogP contribution in [0, 0.1) is 0 Å². The van der Waals surface area contributed by atoms with Crippen molar-refractivity contribution in [2.24, 2.45) is 0 Å². The average molecular weight is 492 g/mol. The SMILES string of the molecule is CCCN(C(=O)c1ccc(Cl)c(S(=O)(=O)N2CCCCC2)c1)C(C)C(=O)Nc1ccccc1.